The molecule has 0 saturated heterocycles. The molecule has 0 bridgehead atoms. The summed E-state index contributed by atoms with van der Waals surface area (Å²) >= 11 is 0. The molecular weight excluding hydrogens is 267 g/mol. The molecule has 1 aromatic heterocycles. The summed E-state index contributed by atoms with van der Waals surface area (Å²) in [5.41, 5.74) is 1.99. The minimum atomic E-state index is -0.326. The molecule has 2 atom stereocenters. The number of hydrogen-bond donors (Lipinski definition) is 2. The molecule has 0 aliphatic rings. The van der Waals surface area contributed by atoms with Crippen molar-refractivity contribution in [2.45, 2.75) is 31.8 Å². The fourth-order valence-corrected chi connectivity index (χ4v) is 2.39. The van der Waals surface area contributed by atoms with E-state index in [2.05, 4.69) is 22.4 Å². The number of benzene rings is 1. The van der Waals surface area contributed by atoms with Gasteiger partial charge in [0.15, 0.2) is 0 Å². The minimum absolute atomic E-state index is 0.0166. The normalized spacial score (nSPS) is 13.9. The van der Waals surface area contributed by atoms with E-state index in [4.69, 9.17) is 5.11 Å². The van der Waals surface area contributed by atoms with Crippen molar-refractivity contribution in [1.82, 2.24) is 10.3 Å². The molecule has 0 aliphatic heterocycles. The Balaban J connectivity index is 2.11. The number of pyridine rings is 1. The van der Waals surface area contributed by atoms with Gasteiger partial charge in [-0.2, -0.15) is 0 Å². The van der Waals surface area contributed by atoms with Gasteiger partial charge >= 0.3 is 0 Å². The summed E-state index contributed by atoms with van der Waals surface area (Å²) in [4.78, 5) is 3.89. The van der Waals surface area contributed by atoms with Crippen molar-refractivity contribution < 1.29 is 9.50 Å². The highest BCUT2D eigenvalue weighted by Gasteiger charge is 2.15. The predicted molar refractivity (Wildman–Crippen MR) is 81.2 cm³/mol. The Bertz CT molecular complexity index is 547. The number of aliphatic hydroxyl groups excluding tert-OH is 1. The summed E-state index contributed by atoms with van der Waals surface area (Å²) in [6.07, 6.45) is 4.43. The summed E-state index contributed by atoms with van der Waals surface area (Å²) < 4.78 is 13.3. The summed E-state index contributed by atoms with van der Waals surface area (Å²) in [6.45, 7) is 2.16. The van der Waals surface area contributed by atoms with Crippen LogP contribution in [0.5, 0.6) is 0 Å². The van der Waals surface area contributed by atoms with E-state index in [1.807, 2.05) is 25.1 Å². The van der Waals surface area contributed by atoms with Crippen molar-refractivity contribution >= 4 is 0 Å². The summed E-state index contributed by atoms with van der Waals surface area (Å²) in [5.74, 6) is -0.326. The monoisotopic (exact) mass is 288 g/mol. The van der Waals surface area contributed by atoms with E-state index in [9.17, 15) is 4.39 Å². The number of hydrogen-bond acceptors (Lipinski definition) is 3. The van der Waals surface area contributed by atoms with Gasteiger partial charge in [-0.05, 0) is 37.0 Å². The largest absolute Gasteiger partial charge is 0.396 e. The Hall–Kier alpha value is -1.78. The molecular formula is C17H21FN2O. The highest BCUT2D eigenvalue weighted by Crippen LogP contribution is 2.23. The van der Waals surface area contributed by atoms with E-state index in [-0.39, 0.29) is 24.5 Å². The van der Waals surface area contributed by atoms with Crippen LogP contribution in [-0.4, -0.2) is 16.7 Å². The molecule has 0 aliphatic carbocycles. The minimum Gasteiger partial charge on any atom is -0.396 e. The first kappa shape index (κ1) is 15.6. The highest BCUT2D eigenvalue weighted by molar-refractivity contribution is 5.21. The number of nitrogens with zero attached hydrogens (tertiary/aromatic N) is 1. The van der Waals surface area contributed by atoms with Gasteiger partial charge in [0.25, 0.3) is 0 Å². The Labute approximate surface area is 124 Å². The lowest BCUT2D eigenvalue weighted by molar-refractivity contribution is 0.272. The summed E-state index contributed by atoms with van der Waals surface area (Å²) in [7, 11) is 0. The fraction of sp³-hybridized carbons (Fsp3) is 0.353. The molecule has 0 amide bonds. The zero-order chi connectivity index (χ0) is 15.1. The van der Waals surface area contributed by atoms with Gasteiger partial charge in [-0.3, -0.25) is 4.98 Å². The predicted octanol–water partition coefficient (Wildman–Crippen LogP) is 3.39. The van der Waals surface area contributed by atoms with Crippen molar-refractivity contribution in [3.8, 4) is 0 Å². The van der Waals surface area contributed by atoms with E-state index >= 15 is 0 Å². The van der Waals surface area contributed by atoms with Gasteiger partial charge in [0.1, 0.15) is 5.82 Å². The van der Waals surface area contributed by atoms with Gasteiger partial charge in [-0.15, -0.1) is 0 Å². The maximum Gasteiger partial charge on any atom is 0.141 e. The number of aromatic nitrogens is 1. The second-order valence-electron chi connectivity index (χ2n) is 5.15. The smallest absolute Gasteiger partial charge is 0.141 e. The zero-order valence-corrected chi connectivity index (χ0v) is 12.2. The molecule has 2 unspecified atom stereocenters. The van der Waals surface area contributed by atoms with Crippen LogP contribution in [0.1, 0.15) is 43.0 Å². The van der Waals surface area contributed by atoms with Crippen molar-refractivity contribution in [3.63, 3.8) is 0 Å². The molecule has 0 radical (unpaired) electrons. The molecule has 1 aromatic carbocycles. The zero-order valence-electron chi connectivity index (χ0n) is 12.2. The fourth-order valence-electron chi connectivity index (χ4n) is 2.39. The molecule has 0 saturated carbocycles. The Morgan fingerprint density at radius 3 is 2.62 bits per heavy atom. The third-order valence-corrected chi connectivity index (χ3v) is 3.53. The molecule has 3 nitrogen and oxygen atoms in total. The van der Waals surface area contributed by atoms with Gasteiger partial charge in [-0.1, -0.05) is 30.3 Å². The molecule has 21 heavy (non-hydrogen) atoms. The Kier molecular flexibility index (Phi) is 5.84. The van der Waals surface area contributed by atoms with Gasteiger partial charge in [0.2, 0.25) is 0 Å². The van der Waals surface area contributed by atoms with Crippen LogP contribution in [0.15, 0.2) is 48.8 Å². The third kappa shape index (κ3) is 4.62. The molecule has 112 valence electrons. The van der Waals surface area contributed by atoms with Crippen molar-refractivity contribution in [2.75, 3.05) is 6.61 Å². The molecule has 1 heterocycles. The Morgan fingerprint density at radius 2 is 1.95 bits per heavy atom. The van der Waals surface area contributed by atoms with E-state index in [0.29, 0.717) is 0 Å². The van der Waals surface area contributed by atoms with Crippen LogP contribution in [0.4, 0.5) is 4.39 Å². The SMILES string of the molecule is CC(NC(CCCO)c1ccccc1)c1cncc(F)c1. The first-order valence-electron chi connectivity index (χ1n) is 7.23. The molecule has 0 fully saturated rings. The average Bonchev–Trinajstić information content (AvgIpc) is 2.52. The summed E-state index contributed by atoms with van der Waals surface area (Å²) in [5, 5.41) is 12.6. The topological polar surface area (TPSA) is 45.1 Å². The van der Waals surface area contributed by atoms with Crippen molar-refractivity contribution in [1.29, 1.82) is 0 Å². The number of rotatable bonds is 7. The maximum absolute atomic E-state index is 13.3. The maximum atomic E-state index is 13.3. The van der Waals surface area contributed by atoms with Crippen LogP contribution in [0.25, 0.3) is 0 Å². The molecule has 2 aromatic rings. The van der Waals surface area contributed by atoms with Crippen molar-refractivity contribution in [3.05, 3.63) is 65.7 Å². The van der Waals surface area contributed by atoms with Crippen LogP contribution >= 0.6 is 0 Å². The van der Waals surface area contributed by atoms with Crippen LogP contribution in [0.2, 0.25) is 0 Å². The lowest BCUT2D eigenvalue weighted by Crippen LogP contribution is -2.25. The van der Waals surface area contributed by atoms with Crippen LogP contribution < -0.4 is 5.32 Å². The second-order valence-corrected chi connectivity index (χ2v) is 5.15. The Morgan fingerprint density at radius 1 is 1.19 bits per heavy atom. The van der Waals surface area contributed by atoms with Crippen LogP contribution in [-0.2, 0) is 0 Å². The lowest BCUT2D eigenvalue weighted by atomic mass is 10.00. The van der Waals surface area contributed by atoms with Gasteiger partial charge in [-0.25, -0.2) is 4.39 Å². The average molecular weight is 288 g/mol. The van der Waals surface area contributed by atoms with Crippen LogP contribution in [0.3, 0.4) is 0 Å². The number of halogens is 1. The summed E-state index contributed by atoms with van der Waals surface area (Å²) in [6, 6.07) is 11.7. The van der Waals surface area contributed by atoms with Crippen molar-refractivity contribution in [2.24, 2.45) is 0 Å². The quantitative estimate of drug-likeness (QED) is 0.821. The van der Waals surface area contributed by atoms with E-state index in [1.165, 1.54) is 17.8 Å². The number of nitrogens with one attached hydrogen (secondary N) is 1. The van der Waals surface area contributed by atoms with Gasteiger partial charge < -0.3 is 10.4 Å². The van der Waals surface area contributed by atoms with E-state index in [1.54, 1.807) is 6.20 Å². The van der Waals surface area contributed by atoms with E-state index < -0.39 is 0 Å². The highest BCUT2D eigenvalue weighted by atomic mass is 19.1. The first-order chi connectivity index (χ1) is 10.2. The lowest BCUT2D eigenvalue weighted by Gasteiger charge is -2.24. The molecule has 2 rings (SSSR count). The first-order valence-corrected chi connectivity index (χ1v) is 7.23. The van der Waals surface area contributed by atoms with Crippen LogP contribution in [0, 0.1) is 5.82 Å². The molecule has 2 N–H and O–H groups in total. The molecule has 4 heteroatoms. The van der Waals surface area contributed by atoms with Gasteiger partial charge in [0, 0.05) is 24.9 Å². The second kappa shape index (κ2) is 7.86. The third-order valence-electron chi connectivity index (χ3n) is 3.53. The molecule has 0 spiro atoms. The van der Waals surface area contributed by atoms with E-state index in [0.717, 1.165) is 18.4 Å². The number of aliphatic hydroxyl groups is 1. The standard InChI is InChI=1S/C17H21FN2O/c1-13(15-10-16(18)12-19-11-15)20-17(8-5-9-21)14-6-3-2-4-7-14/h2-4,6-7,10-13,17,20-21H,5,8-9H2,1H3. The van der Waals surface area contributed by atoms with Gasteiger partial charge in [0.05, 0.1) is 6.20 Å².